The van der Waals surface area contributed by atoms with E-state index in [1.165, 1.54) is 31.2 Å². The summed E-state index contributed by atoms with van der Waals surface area (Å²) in [6.07, 6.45) is 6.84. The van der Waals surface area contributed by atoms with Crippen LogP contribution in [0.15, 0.2) is 48.7 Å². The number of aromatic nitrogens is 3. The molecule has 1 aliphatic heterocycles. The van der Waals surface area contributed by atoms with Gasteiger partial charge in [-0.05, 0) is 36.5 Å². The molecule has 1 aromatic carbocycles. The fourth-order valence-corrected chi connectivity index (χ4v) is 4.56. The van der Waals surface area contributed by atoms with E-state index in [1.807, 2.05) is 41.1 Å². The molecule has 1 amide bonds. The second-order valence-electron chi connectivity index (χ2n) is 7.55. The van der Waals surface area contributed by atoms with Crippen molar-refractivity contribution in [2.75, 3.05) is 24.5 Å². The lowest BCUT2D eigenvalue weighted by Gasteiger charge is -2.17. The summed E-state index contributed by atoms with van der Waals surface area (Å²) in [4.78, 5) is 15.1. The lowest BCUT2D eigenvalue weighted by atomic mass is 10.0. The Morgan fingerprint density at radius 3 is 2.52 bits per heavy atom. The predicted octanol–water partition coefficient (Wildman–Crippen LogP) is 4.24. The molecule has 0 aliphatic carbocycles. The number of hydrogen-bond donors (Lipinski definition) is 1. The molecule has 1 unspecified atom stereocenters. The SMILES string of the molecule is CC(CNC(=O)c1cccn1-c1nnc(N2CCCCCC2)s1)c1ccccc1. The Morgan fingerprint density at radius 1 is 1.03 bits per heavy atom. The molecule has 0 bridgehead atoms. The molecule has 1 N–H and O–H groups in total. The van der Waals surface area contributed by atoms with Crippen LogP contribution in [-0.2, 0) is 0 Å². The Hall–Kier alpha value is -2.67. The third kappa shape index (κ3) is 4.67. The number of rotatable bonds is 6. The summed E-state index contributed by atoms with van der Waals surface area (Å²) in [6.45, 7) is 4.77. The quantitative estimate of drug-likeness (QED) is 0.661. The maximum absolute atomic E-state index is 12.8. The van der Waals surface area contributed by atoms with Crippen LogP contribution in [0, 0.1) is 0 Å². The molecule has 7 heteroatoms. The molecule has 152 valence electrons. The van der Waals surface area contributed by atoms with Crippen LogP contribution in [0.1, 0.15) is 54.6 Å². The second kappa shape index (κ2) is 9.22. The summed E-state index contributed by atoms with van der Waals surface area (Å²) in [5.74, 6) is 0.157. The molecule has 2 aromatic heterocycles. The van der Waals surface area contributed by atoms with Crippen LogP contribution < -0.4 is 10.2 Å². The van der Waals surface area contributed by atoms with Crippen LogP contribution in [0.3, 0.4) is 0 Å². The van der Waals surface area contributed by atoms with E-state index >= 15 is 0 Å². The zero-order valence-electron chi connectivity index (χ0n) is 16.8. The molecule has 1 fully saturated rings. The third-order valence-electron chi connectivity index (χ3n) is 5.41. The Labute approximate surface area is 175 Å². The van der Waals surface area contributed by atoms with Gasteiger partial charge in [0.05, 0.1) is 0 Å². The van der Waals surface area contributed by atoms with Gasteiger partial charge in [0.25, 0.3) is 5.91 Å². The van der Waals surface area contributed by atoms with Crippen LogP contribution >= 0.6 is 11.3 Å². The normalized spacial score (nSPS) is 15.7. The van der Waals surface area contributed by atoms with Gasteiger partial charge < -0.3 is 10.2 Å². The van der Waals surface area contributed by atoms with E-state index < -0.39 is 0 Å². The number of amides is 1. The van der Waals surface area contributed by atoms with Gasteiger partial charge in [0, 0.05) is 25.8 Å². The highest BCUT2D eigenvalue weighted by Gasteiger charge is 2.19. The number of hydrogen-bond acceptors (Lipinski definition) is 5. The average molecular weight is 410 g/mol. The summed E-state index contributed by atoms with van der Waals surface area (Å²) in [5.41, 5.74) is 1.80. The molecule has 1 atom stereocenters. The van der Waals surface area contributed by atoms with Crippen molar-refractivity contribution in [2.45, 2.75) is 38.5 Å². The first-order valence-corrected chi connectivity index (χ1v) is 11.1. The molecule has 4 rings (SSSR count). The number of carbonyl (C=O) groups is 1. The largest absolute Gasteiger partial charge is 0.350 e. The van der Waals surface area contributed by atoms with E-state index in [4.69, 9.17) is 0 Å². The molecule has 3 aromatic rings. The second-order valence-corrected chi connectivity index (χ2v) is 8.49. The zero-order valence-corrected chi connectivity index (χ0v) is 17.6. The number of nitrogens with zero attached hydrogens (tertiary/aromatic N) is 4. The third-order valence-corrected chi connectivity index (χ3v) is 6.39. The maximum Gasteiger partial charge on any atom is 0.268 e. The first-order valence-electron chi connectivity index (χ1n) is 10.3. The minimum absolute atomic E-state index is 0.0932. The summed E-state index contributed by atoms with van der Waals surface area (Å²) in [5, 5.41) is 13.5. The highest BCUT2D eigenvalue weighted by Crippen LogP contribution is 2.26. The predicted molar refractivity (Wildman–Crippen MR) is 117 cm³/mol. The van der Waals surface area contributed by atoms with E-state index in [0.717, 1.165) is 23.4 Å². The van der Waals surface area contributed by atoms with Gasteiger partial charge in [-0.2, -0.15) is 0 Å². The standard InChI is InChI=1S/C22H27N5OS/c1-17(18-10-5-4-6-11-18)16-23-20(28)19-12-9-15-27(19)22-25-24-21(29-22)26-13-7-2-3-8-14-26/h4-6,9-12,15,17H,2-3,7-8,13-14,16H2,1H3,(H,23,28). The Morgan fingerprint density at radius 2 is 1.76 bits per heavy atom. The molecule has 6 nitrogen and oxygen atoms in total. The molecule has 1 aliphatic rings. The topological polar surface area (TPSA) is 63.1 Å². The van der Waals surface area contributed by atoms with Gasteiger partial charge >= 0.3 is 0 Å². The fourth-order valence-electron chi connectivity index (χ4n) is 3.66. The van der Waals surface area contributed by atoms with Crippen molar-refractivity contribution in [2.24, 2.45) is 0 Å². The van der Waals surface area contributed by atoms with Crippen molar-refractivity contribution in [3.63, 3.8) is 0 Å². The Bertz CT molecular complexity index is 928. The summed E-state index contributed by atoms with van der Waals surface area (Å²) < 4.78 is 1.83. The van der Waals surface area contributed by atoms with Crippen LogP contribution in [0.4, 0.5) is 5.13 Å². The molecule has 3 heterocycles. The maximum atomic E-state index is 12.8. The molecule has 1 saturated heterocycles. The van der Waals surface area contributed by atoms with Gasteiger partial charge in [0.1, 0.15) is 5.69 Å². The summed E-state index contributed by atoms with van der Waals surface area (Å²) >= 11 is 1.55. The highest BCUT2D eigenvalue weighted by molar-refractivity contribution is 7.17. The van der Waals surface area contributed by atoms with Crippen LogP contribution in [-0.4, -0.2) is 40.3 Å². The van der Waals surface area contributed by atoms with Crippen molar-refractivity contribution >= 4 is 22.4 Å². The van der Waals surface area contributed by atoms with Crippen molar-refractivity contribution in [3.8, 4) is 5.13 Å². The molecule has 29 heavy (non-hydrogen) atoms. The number of carbonyl (C=O) groups excluding carboxylic acids is 1. The Balaban J connectivity index is 1.43. The van der Waals surface area contributed by atoms with Gasteiger partial charge in [-0.1, -0.05) is 61.4 Å². The highest BCUT2D eigenvalue weighted by atomic mass is 32.1. The molecule has 0 radical (unpaired) electrons. The first-order chi connectivity index (χ1) is 14.2. The molecule has 0 saturated carbocycles. The summed E-state index contributed by atoms with van der Waals surface area (Å²) in [6, 6.07) is 13.9. The van der Waals surface area contributed by atoms with Gasteiger partial charge in [-0.3, -0.25) is 9.36 Å². The van der Waals surface area contributed by atoms with Crippen LogP contribution in [0.2, 0.25) is 0 Å². The lowest BCUT2D eigenvalue weighted by molar-refractivity contribution is 0.0945. The lowest BCUT2D eigenvalue weighted by Crippen LogP contribution is -2.29. The van der Waals surface area contributed by atoms with Gasteiger partial charge in [0.2, 0.25) is 10.3 Å². The number of nitrogens with one attached hydrogen (secondary N) is 1. The minimum Gasteiger partial charge on any atom is -0.350 e. The van der Waals surface area contributed by atoms with Crippen LogP contribution in [0.25, 0.3) is 5.13 Å². The van der Waals surface area contributed by atoms with Crippen LogP contribution in [0.5, 0.6) is 0 Å². The van der Waals surface area contributed by atoms with Crippen molar-refractivity contribution in [3.05, 3.63) is 59.9 Å². The summed E-state index contributed by atoms with van der Waals surface area (Å²) in [7, 11) is 0. The van der Waals surface area contributed by atoms with Gasteiger partial charge in [-0.25, -0.2) is 0 Å². The van der Waals surface area contributed by atoms with E-state index in [0.29, 0.717) is 12.2 Å². The molecular formula is C22H27N5OS. The molecule has 0 spiro atoms. The van der Waals surface area contributed by atoms with Crippen molar-refractivity contribution in [1.82, 2.24) is 20.1 Å². The molecular weight excluding hydrogens is 382 g/mol. The zero-order chi connectivity index (χ0) is 20.1. The first kappa shape index (κ1) is 19.6. The Kier molecular flexibility index (Phi) is 6.24. The van der Waals surface area contributed by atoms with Crippen molar-refractivity contribution < 1.29 is 4.79 Å². The van der Waals surface area contributed by atoms with E-state index in [1.54, 1.807) is 11.3 Å². The smallest absolute Gasteiger partial charge is 0.268 e. The van der Waals surface area contributed by atoms with Gasteiger partial charge in [-0.15, -0.1) is 10.2 Å². The monoisotopic (exact) mass is 409 g/mol. The van der Waals surface area contributed by atoms with E-state index in [2.05, 4.69) is 39.5 Å². The fraction of sp³-hybridized carbons (Fsp3) is 0.409. The minimum atomic E-state index is -0.0932. The van der Waals surface area contributed by atoms with Crippen molar-refractivity contribution in [1.29, 1.82) is 0 Å². The van der Waals surface area contributed by atoms with E-state index in [-0.39, 0.29) is 11.8 Å². The number of anilines is 1. The average Bonchev–Trinajstić information content (AvgIpc) is 3.36. The van der Waals surface area contributed by atoms with E-state index in [9.17, 15) is 4.79 Å². The number of benzene rings is 1. The van der Waals surface area contributed by atoms with Gasteiger partial charge in [0.15, 0.2) is 0 Å².